The van der Waals surface area contributed by atoms with Crippen molar-refractivity contribution in [1.82, 2.24) is 10.2 Å². The lowest BCUT2D eigenvalue weighted by Gasteiger charge is -2.19. The van der Waals surface area contributed by atoms with Crippen LogP contribution in [0.4, 0.5) is 0 Å². The quantitative estimate of drug-likeness (QED) is 0.748. The summed E-state index contributed by atoms with van der Waals surface area (Å²) in [5.74, 6) is 0.116. The number of hydrogen-bond donors (Lipinski definition) is 1. The molecule has 0 radical (unpaired) electrons. The Morgan fingerprint density at radius 1 is 0.964 bits per heavy atom. The van der Waals surface area contributed by atoms with E-state index in [4.69, 9.17) is 0 Å². The first-order valence-corrected chi connectivity index (χ1v) is 10.6. The van der Waals surface area contributed by atoms with Gasteiger partial charge in [0.25, 0.3) is 0 Å². The van der Waals surface area contributed by atoms with Crippen molar-refractivity contribution in [3.63, 3.8) is 0 Å². The topological polar surface area (TPSA) is 32.3 Å². The van der Waals surface area contributed by atoms with Gasteiger partial charge in [-0.25, -0.2) is 0 Å². The van der Waals surface area contributed by atoms with E-state index in [0.717, 1.165) is 13.0 Å². The Morgan fingerprint density at radius 2 is 1.64 bits per heavy atom. The summed E-state index contributed by atoms with van der Waals surface area (Å²) >= 11 is 0. The second-order valence-corrected chi connectivity index (χ2v) is 9.03. The molecule has 150 valence electrons. The number of hydrogen-bond acceptors (Lipinski definition) is 2. The minimum absolute atomic E-state index is 0.116. The minimum Gasteiger partial charge on any atom is -0.352 e. The second kappa shape index (κ2) is 9.38. The molecule has 0 aliphatic carbocycles. The van der Waals surface area contributed by atoms with Gasteiger partial charge in [-0.2, -0.15) is 0 Å². The number of amides is 1. The summed E-state index contributed by atoms with van der Waals surface area (Å²) in [7, 11) is 0. The van der Waals surface area contributed by atoms with Gasteiger partial charge in [0, 0.05) is 19.5 Å². The summed E-state index contributed by atoms with van der Waals surface area (Å²) in [6, 6.07) is 17.3. The average molecular weight is 379 g/mol. The highest BCUT2D eigenvalue weighted by molar-refractivity contribution is 5.76. The fourth-order valence-electron chi connectivity index (χ4n) is 3.76. The highest BCUT2D eigenvalue weighted by Crippen LogP contribution is 2.22. The molecule has 3 nitrogen and oxygen atoms in total. The fraction of sp³-hybridized carbons (Fsp3) is 0.480. The molecule has 0 aromatic heterocycles. The summed E-state index contributed by atoms with van der Waals surface area (Å²) < 4.78 is 0. The molecular formula is C25H34N2O. The number of carbonyl (C=O) groups excluding carboxylic acids is 1. The van der Waals surface area contributed by atoms with Crippen molar-refractivity contribution in [2.45, 2.75) is 65.0 Å². The van der Waals surface area contributed by atoms with Gasteiger partial charge in [-0.3, -0.25) is 9.69 Å². The van der Waals surface area contributed by atoms with Crippen LogP contribution in [0.3, 0.4) is 0 Å². The average Bonchev–Trinajstić information content (AvgIpc) is 3.18. The molecule has 1 aliphatic rings. The molecule has 0 bridgehead atoms. The van der Waals surface area contributed by atoms with Crippen LogP contribution in [0.1, 0.15) is 62.3 Å². The third-order valence-corrected chi connectivity index (χ3v) is 5.55. The first-order chi connectivity index (χ1) is 13.4. The summed E-state index contributed by atoms with van der Waals surface area (Å²) in [5.41, 5.74) is 5.23. The van der Waals surface area contributed by atoms with E-state index in [1.807, 2.05) is 0 Å². The van der Waals surface area contributed by atoms with Crippen molar-refractivity contribution < 1.29 is 4.79 Å². The minimum atomic E-state index is 0.116. The number of likely N-dealkylation sites (tertiary alicyclic amines) is 1. The molecular weight excluding hydrogens is 344 g/mol. The molecule has 1 fully saturated rings. The van der Waals surface area contributed by atoms with Crippen LogP contribution in [-0.2, 0) is 29.7 Å². The molecule has 0 unspecified atom stereocenters. The lowest BCUT2D eigenvalue weighted by atomic mass is 9.86. The Balaban J connectivity index is 1.44. The van der Waals surface area contributed by atoms with Gasteiger partial charge < -0.3 is 5.32 Å². The molecule has 1 amide bonds. The van der Waals surface area contributed by atoms with E-state index in [1.165, 1.54) is 48.2 Å². The smallest absolute Gasteiger partial charge is 0.220 e. The van der Waals surface area contributed by atoms with Gasteiger partial charge in [-0.1, -0.05) is 69.3 Å². The van der Waals surface area contributed by atoms with Gasteiger partial charge >= 0.3 is 0 Å². The molecule has 2 aromatic carbocycles. The largest absolute Gasteiger partial charge is 0.352 e. The van der Waals surface area contributed by atoms with E-state index < -0.39 is 0 Å². The number of benzene rings is 2. The van der Waals surface area contributed by atoms with Crippen LogP contribution >= 0.6 is 0 Å². The zero-order valence-corrected chi connectivity index (χ0v) is 17.6. The maximum atomic E-state index is 12.3. The zero-order chi connectivity index (χ0) is 20.0. The highest BCUT2D eigenvalue weighted by atomic mass is 16.1. The number of nitrogens with one attached hydrogen (secondary N) is 1. The first kappa shape index (κ1) is 20.6. The zero-order valence-electron chi connectivity index (χ0n) is 17.6. The van der Waals surface area contributed by atoms with Crippen molar-refractivity contribution >= 4 is 5.91 Å². The molecule has 0 spiro atoms. The Morgan fingerprint density at radius 3 is 2.32 bits per heavy atom. The van der Waals surface area contributed by atoms with Crippen LogP contribution in [0, 0.1) is 0 Å². The third kappa shape index (κ3) is 6.20. The van der Waals surface area contributed by atoms with Crippen LogP contribution in [0.25, 0.3) is 0 Å². The maximum Gasteiger partial charge on any atom is 0.220 e. The second-order valence-electron chi connectivity index (χ2n) is 9.03. The van der Waals surface area contributed by atoms with Gasteiger partial charge in [0.15, 0.2) is 0 Å². The summed E-state index contributed by atoms with van der Waals surface area (Å²) in [5, 5.41) is 3.07. The molecule has 1 N–H and O–H groups in total. The fourth-order valence-corrected chi connectivity index (χ4v) is 3.76. The van der Waals surface area contributed by atoms with Crippen LogP contribution in [0.15, 0.2) is 48.5 Å². The number of rotatable bonds is 7. The normalized spacial score (nSPS) is 15.0. The van der Waals surface area contributed by atoms with E-state index in [2.05, 4.69) is 79.5 Å². The Labute approximate surface area is 170 Å². The number of nitrogens with zero attached hydrogens (tertiary/aromatic N) is 1. The van der Waals surface area contributed by atoms with Crippen molar-refractivity contribution in [2.75, 3.05) is 13.1 Å². The monoisotopic (exact) mass is 378 g/mol. The van der Waals surface area contributed by atoms with E-state index >= 15 is 0 Å². The van der Waals surface area contributed by atoms with Gasteiger partial charge in [-0.05, 0) is 60.0 Å². The van der Waals surface area contributed by atoms with E-state index in [9.17, 15) is 4.79 Å². The van der Waals surface area contributed by atoms with Crippen molar-refractivity contribution in [2.24, 2.45) is 0 Å². The van der Waals surface area contributed by atoms with Crippen molar-refractivity contribution in [3.05, 3.63) is 70.8 Å². The summed E-state index contributed by atoms with van der Waals surface area (Å²) in [6.45, 7) is 10.7. The lowest BCUT2D eigenvalue weighted by Crippen LogP contribution is -2.23. The van der Waals surface area contributed by atoms with Crippen LogP contribution in [0.2, 0.25) is 0 Å². The van der Waals surface area contributed by atoms with Crippen molar-refractivity contribution in [1.29, 1.82) is 0 Å². The van der Waals surface area contributed by atoms with E-state index in [1.54, 1.807) is 0 Å². The number of carbonyl (C=O) groups is 1. The maximum absolute atomic E-state index is 12.3. The van der Waals surface area contributed by atoms with Gasteiger partial charge in [0.05, 0.1) is 0 Å². The first-order valence-electron chi connectivity index (χ1n) is 10.6. The highest BCUT2D eigenvalue weighted by Gasteiger charge is 2.13. The van der Waals surface area contributed by atoms with E-state index in [-0.39, 0.29) is 11.3 Å². The van der Waals surface area contributed by atoms with Crippen LogP contribution < -0.4 is 5.32 Å². The molecule has 28 heavy (non-hydrogen) atoms. The van der Waals surface area contributed by atoms with Gasteiger partial charge in [-0.15, -0.1) is 0 Å². The molecule has 1 heterocycles. The summed E-state index contributed by atoms with van der Waals surface area (Å²) in [4.78, 5) is 14.8. The molecule has 3 heteroatoms. The lowest BCUT2D eigenvalue weighted by molar-refractivity contribution is -0.121. The van der Waals surface area contributed by atoms with E-state index in [0.29, 0.717) is 13.0 Å². The van der Waals surface area contributed by atoms with Gasteiger partial charge in [0.2, 0.25) is 5.91 Å². The molecule has 1 saturated heterocycles. The molecule has 2 aromatic rings. The predicted molar refractivity (Wildman–Crippen MR) is 116 cm³/mol. The standard InChI is InChI=1S/C25H34N2O/c1-25(2,3)23-12-9-20(10-13-23)11-14-24(28)26-18-21-7-6-8-22(17-21)19-27-15-4-5-16-27/h6-10,12-13,17H,4-5,11,14-16,18-19H2,1-3H3,(H,26,28). The summed E-state index contributed by atoms with van der Waals surface area (Å²) in [6.07, 6.45) is 3.94. The SMILES string of the molecule is CC(C)(C)c1ccc(CCC(=O)NCc2cccc(CN3CCCC3)c2)cc1. The Kier molecular flexibility index (Phi) is 6.90. The van der Waals surface area contributed by atoms with Gasteiger partial charge in [0.1, 0.15) is 0 Å². The third-order valence-electron chi connectivity index (χ3n) is 5.55. The predicted octanol–water partition coefficient (Wildman–Crippen LogP) is 4.83. The Hall–Kier alpha value is -2.13. The van der Waals surface area contributed by atoms with Crippen LogP contribution in [0.5, 0.6) is 0 Å². The Bertz CT molecular complexity index is 768. The molecule has 3 rings (SSSR count). The molecule has 0 saturated carbocycles. The van der Waals surface area contributed by atoms with Crippen molar-refractivity contribution in [3.8, 4) is 0 Å². The molecule has 1 aliphatic heterocycles. The van der Waals surface area contributed by atoms with Crippen LogP contribution in [-0.4, -0.2) is 23.9 Å². The molecule has 0 atom stereocenters. The number of aryl methyl sites for hydroxylation is 1.